The molecular formula is C13H13F2N3O2. The molecule has 2 heterocycles. The molecule has 0 spiro atoms. The highest BCUT2D eigenvalue weighted by atomic mass is 19.3. The highest BCUT2D eigenvalue weighted by molar-refractivity contribution is 5.56. The van der Waals surface area contributed by atoms with Crippen molar-refractivity contribution in [3.63, 3.8) is 0 Å². The van der Waals surface area contributed by atoms with Crippen LogP contribution in [0.1, 0.15) is 12.6 Å². The molecule has 0 amide bonds. The predicted molar refractivity (Wildman–Crippen MR) is 67.9 cm³/mol. The first kappa shape index (κ1) is 12.7. The van der Waals surface area contributed by atoms with Crippen LogP contribution in [0, 0.1) is 0 Å². The molecule has 0 saturated heterocycles. The van der Waals surface area contributed by atoms with E-state index in [0.29, 0.717) is 12.2 Å². The number of halogens is 2. The Labute approximate surface area is 114 Å². The fourth-order valence-electron chi connectivity index (χ4n) is 2.03. The summed E-state index contributed by atoms with van der Waals surface area (Å²) in [4.78, 5) is 4.06. The molecule has 0 unspecified atom stereocenters. The average Bonchev–Trinajstić information content (AvgIpc) is 2.97. The summed E-state index contributed by atoms with van der Waals surface area (Å²) < 4.78 is 36.5. The highest BCUT2D eigenvalue weighted by Gasteiger charge is 2.43. The lowest BCUT2D eigenvalue weighted by Crippen LogP contribution is -2.25. The summed E-state index contributed by atoms with van der Waals surface area (Å²) in [6.07, 6.45) is -0.0728. The number of benzene rings is 1. The van der Waals surface area contributed by atoms with E-state index in [4.69, 9.17) is 0 Å². The molecule has 5 nitrogen and oxygen atoms in total. The lowest BCUT2D eigenvalue weighted by atomic mass is 10.2. The highest BCUT2D eigenvalue weighted by Crippen LogP contribution is 2.42. The second-order valence-electron chi connectivity index (χ2n) is 4.35. The summed E-state index contributed by atoms with van der Waals surface area (Å²) in [5.74, 6) is 0.0724. The molecule has 1 aromatic heterocycles. The van der Waals surface area contributed by atoms with Crippen molar-refractivity contribution in [2.75, 3.05) is 5.32 Å². The van der Waals surface area contributed by atoms with Gasteiger partial charge in [0.25, 0.3) is 0 Å². The second-order valence-corrected chi connectivity index (χ2v) is 4.35. The molecule has 0 aliphatic carbocycles. The lowest BCUT2D eigenvalue weighted by Gasteiger charge is -2.08. The largest absolute Gasteiger partial charge is 0.586 e. The Kier molecular flexibility index (Phi) is 2.96. The van der Waals surface area contributed by atoms with Gasteiger partial charge in [-0.25, -0.2) is 4.98 Å². The molecule has 1 aliphatic rings. The Morgan fingerprint density at radius 3 is 2.90 bits per heavy atom. The molecule has 1 N–H and O–H groups in total. The standard InChI is InChI=1S/C13H13F2N3O2/c1-2-18-8-16-6-10(18)7-17-9-3-4-11-12(5-9)20-13(14,15)19-11/h3-6,8,17H,2,7H2,1H3. The first-order valence-corrected chi connectivity index (χ1v) is 6.20. The number of anilines is 1. The van der Waals surface area contributed by atoms with Gasteiger partial charge >= 0.3 is 6.29 Å². The van der Waals surface area contributed by atoms with Crippen molar-refractivity contribution in [2.45, 2.75) is 26.3 Å². The van der Waals surface area contributed by atoms with Crippen LogP contribution in [0.5, 0.6) is 11.5 Å². The molecule has 20 heavy (non-hydrogen) atoms. The molecule has 7 heteroatoms. The Bertz CT molecular complexity index is 628. The minimum absolute atomic E-state index is 0.0315. The first-order chi connectivity index (χ1) is 9.57. The topological polar surface area (TPSA) is 48.3 Å². The van der Waals surface area contributed by atoms with Gasteiger partial charge in [0.15, 0.2) is 11.5 Å². The van der Waals surface area contributed by atoms with Crippen LogP contribution in [0.4, 0.5) is 14.5 Å². The van der Waals surface area contributed by atoms with Crippen molar-refractivity contribution in [3.05, 3.63) is 36.4 Å². The Balaban J connectivity index is 1.71. The quantitative estimate of drug-likeness (QED) is 0.936. The minimum Gasteiger partial charge on any atom is -0.395 e. The number of rotatable bonds is 4. The van der Waals surface area contributed by atoms with Gasteiger partial charge in [-0.2, -0.15) is 0 Å². The number of ether oxygens (including phenoxy) is 2. The van der Waals surface area contributed by atoms with Crippen LogP contribution < -0.4 is 14.8 Å². The molecule has 0 atom stereocenters. The third kappa shape index (κ3) is 2.38. The van der Waals surface area contributed by atoms with Crippen molar-refractivity contribution < 1.29 is 18.3 Å². The molecule has 0 saturated carbocycles. The molecule has 0 bridgehead atoms. The molecule has 0 fully saturated rings. The van der Waals surface area contributed by atoms with Gasteiger partial charge in [0.1, 0.15) is 0 Å². The minimum atomic E-state index is -3.58. The van der Waals surface area contributed by atoms with E-state index in [1.165, 1.54) is 12.1 Å². The van der Waals surface area contributed by atoms with Crippen LogP contribution in [0.2, 0.25) is 0 Å². The van der Waals surface area contributed by atoms with Crippen LogP contribution >= 0.6 is 0 Å². The maximum atomic E-state index is 12.9. The normalized spacial score (nSPS) is 15.3. The van der Waals surface area contributed by atoms with E-state index >= 15 is 0 Å². The first-order valence-electron chi connectivity index (χ1n) is 6.20. The molecular weight excluding hydrogens is 268 g/mol. The summed E-state index contributed by atoms with van der Waals surface area (Å²) in [7, 11) is 0. The van der Waals surface area contributed by atoms with E-state index in [9.17, 15) is 8.78 Å². The number of nitrogens with one attached hydrogen (secondary N) is 1. The monoisotopic (exact) mass is 281 g/mol. The fourth-order valence-corrected chi connectivity index (χ4v) is 2.03. The van der Waals surface area contributed by atoms with Crippen LogP contribution in [-0.4, -0.2) is 15.8 Å². The zero-order valence-electron chi connectivity index (χ0n) is 10.8. The van der Waals surface area contributed by atoms with Gasteiger partial charge in [0.2, 0.25) is 0 Å². The number of aromatic nitrogens is 2. The van der Waals surface area contributed by atoms with E-state index < -0.39 is 6.29 Å². The maximum absolute atomic E-state index is 12.9. The van der Waals surface area contributed by atoms with E-state index in [1.54, 1.807) is 18.6 Å². The van der Waals surface area contributed by atoms with E-state index in [1.807, 2.05) is 11.5 Å². The zero-order chi connectivity index (χ0) is 14.2. The summed E-state index contributed by atoms with van der Waals surface area (Å²) >= 11 is 0. The van der Waals surface area contributed by atoms with Gasteiger partial charge in [0.05, 0.1) is 18.6 Å². The number of alkyl halides is 2. The number of aryl methyl sites for hydroxylation is 1. The Morgan fingerprint density at radius 1 is 1.30 bits per heavy atom. The van der Waals surface area contributed by atoms with Crippen LogP contribution in [0.25, 0.3) is 0 Å². The third-order valence-electron chi connectivity index (χ3n) is 3.01. The van der Waals surface area contributed by atoms with Crippen molar-refractivity contribution in [3.8, 4) is 11.5 Å². The van der Waals surface area contributed by atoms with Gasteiger partial charge in [-0.3, -0.25) is 0 Å². The SMILES string of the molecule is CCn1cncc1CNc1ccc2c(c1)OC(F)(F)O2. The fraction of sp³-hybridized carbons (Fsp3) is 0.308. The third-order valence-corrected chi connectivity index (χ3v) is 3.01. The van der Waals surface area contributed by atoms with Crippen molar-refractivity contribution in [1.82, 2.24) is 9.55 Å². The number of imidazole rings is 1. The van der Waals surface area contributed by atoms with Gasteiger partial charge in [-0.15, -0.1) is 8.78 Å². The molecule has 106 valence electrons. The molecule has 0 radical (unpaired) electrons. The van der Waals surface area contributed by atoms with Gasteiger partial charge in [-0.05, 0) is 19.1 Å². The van der Waals surface area contributed by atoms with E-state index in [-0.39, 0.29) is 11.5 Å². The molecule has 3 rings (SSSR count). The lowest BCUT2D eigenvalue weighted by molar-refractivity contribution is -0.286. The number of fused-ring (bicyclic) bond motifs is 1. The summed E-state index contributed by atoms with van der Waals surface area (Å²) in [6.45, 7) is 3.39. The average molecular weight is 281 g/mol. The number of hydrogen-bond donors (Lipinski definition) is 1. The van der Waals surface area contributed by atoms with Crippen LogP contribution in [0.15, 0.2) is 30.7 Å². The van der Waals surface area contributed by atoms with E-state index in [0.717, 1.165) is 12.2 Å². The Morgan fingerprint density at radius 2 is 2.10 bits per heavy atom. The van der Waals surface area contributed by atoms with Gasteiger partial charge in [-0.1, -0.05) is 0 Å². The van der Waals surface area contributed by atoms with E-state index in [2.05, 4.69) is 19.8 Å². The van der Waals surface area contributed by atoms with Crippen LogP contribution in [-0.2, 0) is 13.1 Å². The second kappa shape index (κ2) is 4.66. The Hall–Kier alpha value is -2.31. The summed E-state index contributed by atoms with van der Waals surface area (Å²) in [6, 6.07) is 4.61. The smallest absolute Gasteiger partial charge is 0.395 e. The predicted octanol–water partition coefficient (Wildman–Crippen LogP) is 2.84. The maximum Gasteiger partial charge on any atom is 0.586 e. The van der Waals surface area contributed by atoms with Gasteiger partial charge in [0, 0.05) is 24.5 Å². The molecule has 1 aliphatic heterocycles. The number of nitrogens with zero attached hydrogens (tertiary/aromatic N) is 2. The molecule has 2 aromatic rings. The molecule has 1 aromatic carbocycles. The summed E-state index contributed by atoms with van der Waals surface area (Å²) in [5.41, 5.74) is 1.68. The van der Waals surface area contributed by atoms with Crippen molar-refractivity contribution in [1.29, 1.82) is 0 Å². The van der Waals surface area contributed by atoms with Crippen LogP contribution in [0.3, 0.4) is 0 Å². The van der Waals surface area contributed by atoms with Crippen molar-refractivity contribution >= 4 is 5.69 Å². The number of hydrogen-bond acceptors (Lipinski definition) is 4. The van der Waals surface area contributed by atoms with Crippen molar-refractivity contribution in [2.24, 2.45) is 0 Å². The summed E-state index contributed by atoms with van der Waals surface area (Å²) in [5, 5.41) is 3.14. The zero-order valence-corrected chi connectivity index (χ0v) is 10.8. The van der Waals surface area contributed by atoms with Gasteiger partial charge < -0.3 is 19.4 Å².